The maximum Gasteiger partial charge on any atom is 0.260 e. The maximum absolute atomic E-state index is 14.0. The van der Waals surface area contributed by atoms with Crippen LogP contribution in [0, 0.1) is 11.6 Å². The number of allylic oxidation sites excluding steroid dienone is 1. The Morgan fingerprint density at radius 3 is 2.41 bits per heavy atom. The number of piperazine rings is 1. The molecule has 0 N–H and O–H groups in total. The third-order valence-corrected chi connectivity index (χ3v) is 6.93. The molecule has 3 rings (SSSR count). The summed E-state index contributed by atoms with van der Waals surface area (Å²) in [6.45, 7) is 1.90. The van der Waals surface area contributed by atoms with Crippen LogP contribution in [0.25, 0.3) is 6.08 Å². The first-order valence-electron chi connectivity index (χ1n) is 9.92. The molecule has 0 bridgehead atoms. The number of nitrogens with zero attached hydrogens (tertiary/aromatic N) is 2. The molecule has 10 heteroatoms. The average molecular weight is 467 g/mol. The molecule has 0 saturated carbocycles. The van der Waals surface area contributed by atoms with Gasteiger partial charge in [0, 0.05) is 32.2 Å². The summed E-state index contributed by atoms with van der Waals surface area (Å²) >= 11 is 0. The molecule has 2 aromatic carbocycles. The maximum atomic E-state index is 14.0. The minimum absolute atomic E-state index is 0.00768. The first-order valence-corrected chi connectivity index (χ1v) is 11.4. The molecule has 7 nitrogen and oxygen atoms in total. The predicted molar refractivity (Wildman–Crippen MR) is 115 cm³/mol. The highest BCUT2D eigenvalue weighted by Gasteiger charge is 2.32. The van der Waals surface area contributed by atoms with Crippen molar-refractivity contribution in [2.75, 3.05) is 39.9 Å². The number of halogens is 2. The number of rotatable bonds is 7. The van der Waals surface area contributed by atoms with Gasteiger partial charge < -0.3 is 14.4 Å². The number of sulfonamides is 1. The summed E-state index contributed by atoms with van der Waals surface area (Å²) < 4.78 is 64.4. The first-order chi connectivity index (χ1) is 15.3. The van der Waals surface area contributed by atoms with Crippen LogP contribution in [0.1, 0.15) is 12.5 Å². The van der Waals surface area contributed by atoms with Crippen molar-refractivity contribution in [3.8, 4) is 11.5 Å². The van der Waals surface area contributed by atoms with E-state index in [9.17, 15) is 22.0 Å². The van der Waals surface area contributed by atoms with Crippen LogP contribution >= 0.6 is 0 Å². The van der Waals surface area contributed by atoms with E-state index in [1.54, 1.807) is 12.1 Å². The van der Waals surface area contributed by atoms with Gasteiger partial charge in [-0.25, -0.2) is 17.2 Å². The molecule has 0 spiro atoms. The second-order valence-electron chi connectivity index (χ2n) is 7.06. The molecule has 0 aliphatic carbocycles. The normalized spacial score (nSPS) is 15.2. The fourth-order valence-electron chi connectivity index (χ4n) is 3.33. The summed E-state index contributed by atoms with van der Waals surface area (Å²) in [4.78, 5) is 13.4. The predicted octanol–water partition coefficient (Wildman–Crippen LogP) is 2.92. The lowest BCUT2D eigenvalue weighted by Crippen LogP contribution is -2.51. The number of carbonyl (C=O) groups excluding carboxylic acids is 1. The van der Waals surface area contributed by atoms with E-state index in [0.717, 1.165) is 22.0 Å². The van der Waals surface area contributed by atoms with Gasteiger partial charge in [0.05, 0.1) is 7.11 Å². The summed E-state index contributed by atoms with van der Waals surface area (Å²) in [6, 6.07) is 7.66. The molecule has 1 aliphatic rings. The van der Waals surface area contributed by atoms with Gasteiger partial charge in [0.25, 0.3) is 5.91 Å². The van der Waals surface area contributed by atoms with E-state index in [4.69, 9.17) is 9.47 Å². The van der Waals surface area contributed by atoms with Crippen LogP contribution in [0.15, 0.2) is 47.4 Å². The van der Waals surface area contributed by atoms with E-state index in [2.05, 4.69) is 0 Å². The number of ether oxygens (including phenoxy) is 2. The smallest absolute Gasteiger partial charge is 0.260 e. The Kier molecular flexibility index (Phi) is 7.47. The summed E-state index contributed by atoms with van der Waals surface area (Å²) in [5, 5.41) is 0. The molecule has 1 amide bonds. The lowest BCUT2D eigenvalue weighted by atomic mass is 10.2. The van der Waals surface area contributed by atoms with E-state index < -0.39 is 26.6 Å². The first kappa shape index (κ1) is 23.7. The second kappa shape index (κ2) is 10.1. The van der Waals surface area contributed by atoms with Crippen LogP contribution in [-0.4, -0.2) is 63.4 Å². The van der Waals surface area contributed by atoms with Crippen LogP contribution in [0.3, 0.4) is 0 Å². The molecule has 2 aromatic rings. The quantitative estimate of drug-likeness (QED) is 0.627. The topological polar surface area (TPSA) is 76.2 Å². The van der Waals surface area contributed by atoms with Gasteiger partial charge in [-0.1, -0.05) is 18.2 Å². The fraction of sp³-hybridized carbons (Fsp3) is 0.318. The zero-order valence-electron chi connectivity index (χ0n) is 17.8. The molecule has 172 valence electrons. The van der Waals surface area contributed by atoms with Gasteiger partial charge in [0.1, 0.15) is 16.5 Å². The molecule has 0 aromatic heterocycles. The van der Waals surface area contributed by atoms with E-state index in [1.807, 2.05) is 25.1 Å². The highest BCUT2D eigenvalue weighted by atomic mass is 32.2. The second-order valence-corrected chi connectivity index (χ2v) is 8.96. The SMILES string of the molecule is C/C=C/c1ccc(OCC(=O)N2CCN(S(=O)(=O)c3ccc(F)cc3F)CC2)c(OC)c1. The molecular weight excluding hydrogens is 442 g/mol. The van der Waals surface area contributed by atoms with Crippen molar-refractivity contribution in [1.29, 1.82) is 0 Å². The summed E-state index contributed by atoms with van der Waals surface area (Å²) in [7, 11) is -2.62. The summed E-state index contributed by atoms with van der Waals surface area (Å²) in [5.74, 6) is -1.40. The molecule has 1 aliphatic heterocycles. The fourth-order valence-corrected chi connectivity index (χ4v) is 4.80. The molecule has 1 saturated heterocycles. The van der Waals surface area contributed by atoms with Gasteiger partial charge in [0.15, 0.2) is 18.1 Å². The van der Waals surface area contributed by atoms with Crippen molar-refractivity contribution in [2.45, 2.75) is 11.8 Å². The van der Waals surface area contributed by atoms with Crippen LogP contribution < -0.4 is 9.47 Å². The van der Waals surface area contributed by atoms with E-state index in [0.29, 0.717) is 17.6 Å². The zero-order chi connectivity index (χ0) is 23.3. The monoisotopic (exact) mass is 466 g/mol. The van der Waals surface area contributed by atoms with Gasteiger partial charge in [-0.05, 0) is 36.8 Å². The third kappa shape index (κ3) is 5.25. The molecule has 32 heavy (non-hydrogen) atoms. The van der Waals surface area contributed by atoms with Crippen molar-refractivity contribution in [1.82, 2.24) is 9.21 Å². The van der Waals surface area contributed by atoms with Crippen molar-refractivity contribution < 1.29 is 31.5 Å². The Bertz CT molecular complexity index is 1110. The number of carbonyl (C=O) groups is 1. The van der Waals surface area contributed by atoms with Gasteiger partial charge in [-0.2, -0.15) is 4.31 Å². The molecule has 1 heterocycles. The van der Waals surface area contributed by atoms with Crippen molar-refractivity contribution in [2.24, 2.45) is 0 Å². The van der Waals surface area contributed by atoms with Gasteiger partial charge in [-0.3, -0.25) is 4.79 Å². The molecule has 0 atom stereocenters. The average Bonchev–Trinajstić information content (AvgIpc) is 2.78. The Morgan fingerprint density at radius 1 is 1.06 bits per heavy atom. The number of methoxy groups -OCH3 is 1. The minimum atomic E-state index is -4.13. The summed E-state index contributed by atoms with van der Waals surface area (Å²) in [5.41, 5.74) is 0.929. The molecular formula is C22H24F2N2O5S. The highest BCUT2D eigenvalue weighted by Crippen LogP contribution is 2.29. The van der Waals surface area contributed by atoms with Crippen LogP contribution in [0.5, 0.6) is 11.5 Å². The third-order valence-electron chi connectivity index (χ3n) is 5.00. The number of hydrogen-bond acceptors (Lipinski definition) is 5. The van der Waals surface area contributed by atoms with Crippen molar-refractivity contribution >= 4 is 22.0 Å². The van der Waals surface area contributed by atoms with Gasteiger partial charge in [0.2, 0.25) is 10.0 Å². The highest BCUT2D eigenvalue weighted by molar-refractivity contribution is 7.89. The Morgan fingerprint density at radius 2 is 1.78 bits per heavy atom. The lowest BCUT2D eigenvalue weighted by Gasteiger charge is -2.34. The van der Waals surface area contributed by atoms with E-state index in [1.165, 1.54) is 12.0 Å². The van der Waals surface area contributed by atoms with Gasteiger partial charge >= 0.3 is 0 Å². The standard InChI is InChI=1S/C22H24F2N2O5S/c1-3-4-16-5-7-19(20(13-16)30-2)31-15-22(27)25-9-11-26(12-10-25)32(28,29)21-8-6-17(23)14-18(21)24/h3-8,13-14H,9-12,15H2,1-2H3/b4-3+. The van der Waals surface area contributed by atoms with Crippen LogP contribution in [-0.2, 0) is 14.8 Å². The summed E-state index contributed by atoms with van der Waals surface area (Å²) in [6.07, 6.45) is 3.80. The molecule has 1 fully saturated rings. The van der Waals surface area contributed by atoms with Crippen molar-refractivity contribution in [3.05, 3.63) is 59.7 Å². The molecule has 0 unspecified atom stereocenters. The van der Waals surface area contributed by atoms with Crippen molar-refractivity contribution in [3.63, 3.8) is 0 Å². The van der Waals surface area contributed by atoms with Gasteiger partial charge in [-0.15, -0.1) is 0 Å². The number of amides is 1. The Hall–Kier alpha value is -2.98. The minimum Gasteiger partial charge on any atom is -0.493 e. The van der Waals surface area contributed by atoms with E-state index >= 15 is 0 Å². The Balaban J connectivity index is 1.59. The number of benzene rings is 2. The zero-order valence-corrected chi connectivity index (χ0v) is 18.6. The Labute approximate surface area is 185 Å². The lowest BCUT2D eigenvalue weighted by molar-refractivity contribution is -0.134. The number of hydrogen-bond donors (Lipinski definition) is 0. The van der Waals surface area contributed by atoms with Crippen LogP contribution in [0.4, 0.5) is 8.78 Å². The molecule has 0 radical (unpaired) electrons. The largest absolute Gasteiger partial charge is 0.493 e. The van der Waals surface area contributed by atoms with E-state index in [-0.39, 0.29) is 38.7 Å². The van der Waals surface area contributed by atoms with Crippen LogP contribution in [0.2, 0.25) is 0 Å².